The molecule has 0 aliphatic heterocycles. The van der Waals surface area contributed by atoms with Crippen molar-refractivity contribution in [2.45, 2.75) is 39.2 Å². The molecule has 0 atom stereocenters. The highest BCUT2D eigenvalue weighted by Crippen LogP contribution is 2.33. The summed E-state index contributed by atoms with van der Waals surface area (Å²) in [6, 6.07) is 10.1. The highest BCUT2D eigenvalue weighted by atomic mass is 32.1. The molecule has 0 saturated carbocycles. The molecule has 104 valence electrons. The molecule has 1 aromatic carbocycles. The van der Waals surface area contributed by atoms with Crippen molar-refractivity contribution in [1.82, 2.24) is 5.32 Å². The van der Waals surface area contributed by atoms with E-state index in [2.05, 4.69) is 12.2 Å². The quantitative estimate of drug-likeness (QED) is 0.911. The van der Waals surface area contributed by atoms with Crippen LogP contribution in [-0.4, -0.2) is 5.91 Å². The van der Waals surface area contributed by atoms with Gasteiger partial charge in [-0.15, -0.1) is 11.3 Å². The lowest BCUT2D eigenvalue weighted by Gasteiger charge is -2.13. The lowest BCUT2D eigenvalue weighted by Crippen LogP contribution is -2.24. The first-order valence-corrected chi connectivity index (χ1v) is 8.00. The van der Waals surface area contributed by atoms with Crippen LogP contribution in [-0.2, 0) is 19.4 Å². The molecule has 2 nitrogen and oxygen atoms in total. The number of fused-ring (bicyclic) bond motifs is 1. The van der Waals surface area contributed by atoms with Crippen molar-refractivity contribution in [2.75, 3.05) is 0 Å². The summed E-state index contributed by atoms with van der Waals surface area (Å²) < 4.78 is 0. The van der Waals surface area contributed by atoms with Gasteiger partial charge in [0.2, 0.25) is 0 Å². The van der Waals surface area contributed by atoms with E-state index in [0.717, 1.165) is 24.0 Å². The SMILES string of the molecule is Cc1sc2c(c1C(=O)NCc1ccccc1)CCCC2. The number of hydrogen-bond acceptors (Lipinski definition) is 2. The molecular formula is C17H19NOS. The van der Waals surface area contributed by atoms with Crippen molar-refractivity contribution in [1.29, 1.82) is 0 Å². The minimum atomic E-state index is 0.0887. The van der Waals surface area contributed by atoms with Gasteiger partial charge in [-0.25, -0.2) is 0 Å². The third-order valence-electron chi connectivity index (χ3n) is 3.87. The summed E-state index contributed by atoms with van der Waals surface area (Å²) in [4.78, 5) is 15.1. The Kier molecular flexibility index (Phi) is 3.88. The van der Waals surface area contributed by atoms with Crippen molar-refractivity contribution in [3.8, 4) is 0 Å². The summed E-state index contributed by atoms with van der Waals surface area (Å²) in [5.74, 6) is 0.0887. The average Bonchev–Trinajstić information content (AvgIpc) is 2.82. The summed E-state index contributed by atoms with van der Waals surface area (Å²) in [6.07, 6.45) is 4.68. The third kappa shape index (κ3) is 2.63. The molecule has 1 aromatic heterocycles. The predicted molar refractivity (Wildman–Crippen MR) is 83.3 cm³/mol. The summed E-state index contributed by atoms with van der Waals surface area (Å²) in [5.41, 5.74) is 3.40. The lowest BCUT2D eigenvalue weighted by molar-refractivity contribution is 0.0949. The smallest absolute Gasteiger partial charge is 0.252 e. The normalized spacial score (nSPS) is 13.8. The van der Waals surface area contributed by atoms with Crippen LogP contribution in [0.5, 0.6) is 0 Å². The maximum atomic E-state index is 12.5. The Bertz CT molecular complexity index is 615. The van der Waals surface area contributed by atoms with Crippen LogP contribution in [0.2, 0.25) is 0 Å². The van der Waals surface area contributed by atoms with E-state index in [-0.39, 0.29) is 5.91 Å². The summed E-state index contributed by atoms with van der Waals surface area (Å²) in [6.45, 7) is 2.67. The maximum absolute atomic E-state index is 12.5. The monoisotopic (exact) mass is 285 g/mol. The summed E-state index contributed by atoms with van der Waals surface area (Å²) in [5, 5.41) is 3.06. The molecule has 0 saturated heterocycles. The topological polar surface area (TPSA) is 29.1 Å². The molecule has 0 radical (unpaired) electrons. The third-order valence-corrected chi connectivity index (χ3v) is 5.08. The van der Waals surface area contributed by atoms with E-state index in [1.165, 1.54) is 28.2 Å². The van der Waals surface area contributed by atoms with Crippen molar-refractivity contribution in [3.63, 3.8) is 0 Å². The number of rotatable bonds is 3. The fraction of sp³-hybridized carbons (Fsp3) is 0.353. The molecular weight excluding hydrogens is 266 g/mol. The summed E-state index contributed by atoms with van der Waals surface area (Å²) >= 11 is 1.81. The van der Waals surface area contributed by atoms with Crippen LogP contribution in [0.15, 0.2) is 30.3 Å². The standard InChI is InChI=1S/C17H19NOS/c1-12-16(14-9-5-6-10-15(14)20-12)17(19)18-11-13-7-3-2-4-8-13/h2-4,7-8H,5-6,9-11H2,1H3,(H,18,19). The van der Waals surface area contributed by atoms with E-state index in [4.69, 9.17) is 0 Å². The first-order chi connectivity index (χ1) is 9.75. The first kappa shape index (κ1) is 13.4. The molecule has 0 fully saturated rings. The van der Waals surface area contributed by atoms with Gasteiger partial charge in [-0.3, -0.25) is 4.79 Å². The lowest BCUT2D eigenvalue weighted by atomic mass is 9.94. The van der Waals surface area contributed by atoms with Gasteiger partial charge >= 0.3 is 0 Å². The van der Waals surface area contributed by atoms with E-state index in [1.54, 1.807) is 11.3 Å². The molecule has 1 aliphatic carbocycles. The van der Waals surface area contributed by atoms with Gasteiger partial charge < -0.3 is 5.32 Å². The predicted octanol–water partition coefficient (Wildman–Crippen LogP) is 3.87. The highest BCUT2D eigenvalue weighted by molar-refractivity contribution is 7.12. The minimum Gasteiger partial charge on any atom is -0.348 e. The number of aryl methyl sites for hydroxylation is 2. The van der Waals surface area contributed by atoms with E-state index >= 15 is 0 Å². The number of thiophene rings is 1. The second-order valence-corrected chi connectivity index (χ2v) is 6.62. The van der Waals surface area contributed by atoms with Gasteiger partial charge in [-0.05, 0) is 43.7 Å². The Morgan fingerprint density at radius 2 is 1.95 bits per heavy atom. The molecule has 0 bridgehead atoms. The van der Waals surface area contributed by atoms with E-state index in [9.17, 15) is 4.79 Å². The highest BCUT2D eigenvalue weighted by Gasteiger charge is 2.22. The number of carbonyl (C=O) groups excluding carboxylic acids is 1. The zero-order valence-corrected chi connectivity index (χ0v) is 12.6. The van der Waals surface area contributed by atoms with Gasteiger partial charge in [-0.1, -0.05) is 30.3 Å². The van der Waals surface area contributed by atoms with Crippen molar-refractivity contribution in [2.24, 2.45) is 0 Å². The largest absolute Gasteiger partial charge is 0.348 e. The van der Waals surface area contributed by atoms with E-state index in [1.807, 2.05) is 30.3 Å². The molecule has 3 heteroatoms. The molecule has 20 heavy (non-hydrogen) atoms. The number of amides is 1. The Morgan fingerprint density at radius 1 is 1.20 bits per heavy atom. The second kappa shape index (κ2) is 5.80. The molecule has 1 amide bonds. The molecule has 2 aromatic rings. The average molecular weight is 285 g/mol. The van der Waals surface area contributed by atoms with Gasteiger partial charge in [0.25, 0.3) is 5.91 Å². The van der Waals surface area contributed by atoms with E-state index < -0.39 is 0 Å². The second-order valence-electron chi connectivity index (χ2n) is 5.31. The maximum Gasteiger partial charge on any atom is 0.252 e. The van der Waals surface area contributed by atoms with Crippen LogP contribution < -0.4 is 5.32 Å². The van der Waals surface area contributed by atoms with Crippen LogP contribution in [0.25, 0.3) is 0 Å². The molecule has 1 aliphatic rings. The van der Waals surface area contributed by atoms with Crippen LogP contribution in [0, 0.1) is 6.92 Å². The number of nitrogens with one attached hydrogen (secondary N) is 1. The molecule has 0 spiro atoms. The van der Waals surface area contributed by atoms with Crippen LogP contribution in [0.4, 0.5) is 0 Å². The van der Waals surface area contributed by atoms with Gasteiger partial charge in [0.05, 0.1) is 5.56 Å². The fourth-order valence-electron chi connectivity index (χ4n) is 2.87. The van der Waals surface area contributed by atoms with Gasteiger partial charge in [0, 0.05) is 16.3 Å². The molecule has 1 heterocycles. The van der Waals surface area contributed by atoms with Crippen molar-refractivity contribution >= 4 is 17.2 Å². The van der Waals surface area contributed by atoms with Crippen molar-refractivity contribution in [3.05, 3.63) is 56.8 Å². The van der Waals surface area contributed by atoms with Gasteiger partial charge in [0.1, 0.15) is 0 Å². The molecule has 0 unspecified atom stereocenters. The zero-order chi connectivity index (χ0) is 13.9. The fourth-order valence-corrected chi connectivity index (χ4v) is 4.13. The minimum absolute atomic E-state index is 0.0887. The van der Waals surface area contributed by atoms with Crippen LogP contribution >= 0.6 is 11.3 Å². The molecule has 3 rings (SSSR count). The Morgan fingerprint density at radius 3 is 2.75 bits per heavy atom. The number of benzene rings is 1. The zero-order valence-electron chi connectivity index (χ0n) is 11.7. The Labute approximate surface area is 123 Å². The van der Waals surface area contributed by atoms with Gasteiger partial charge in [0.15, 0.2) is 0 Å². The Balaban J connectivity index is 1.76. The van der Waals surface area contributed by atoms with Gasteiger partial charge in [-0.2, -0.15) is 0 Å². The summed E-state index contributed by atoms with van der Waals surface area (Å²) in [7, 11) is 0. The van der Waals surface area contributed by atoms with Crippen molar-refractivity contribution < 1.29 is 4.79 Å². The van der Waals surface area contributed by atoms with Crippen LogP contribution in [0.1, 0.15) is 44.1 Å². The number of hydrogen-bond donors (Lipinski definition) is 1. The first-order valence-electron chi connectivity index (χ1n) is 7.19. The number of carbonyl (C=O) groups is 1. The van der Waals surface area contributed by atoms with E-state index in [0.29, 0.717) is 6.54 Å². The van der Waals surface area contributed by atoms with Crippen LogP contribution in [0.3, 0.4) is 0 Å². The molecule has 1 N–H and O–H groups in total. The Hall–Kier alpha value is -1.61.